The molecule has 2 aliphatic heterocycles. The lowest BCUT2D eigenvalue weighted by atomic mass is 9.64. The average Bonchev–Trinajstić information content (AvgIpc) is 2.66. The molecule has 3 aliphatic rings. The molecule has 0 bridgehead atoms. The molecule has 1 spiro atoms. The predicted molar refractivity (Wildman–Crippen MR) is 101 cm³/mol. The summed E-state index contributed by atoms with van der Waals surface area (Å²) in [5.41, 5.74) is -1.32. The van der Waals surface area contributed by atoms with Crippen LogP contribution in [-0.4, -0.2) is 64.5 Å². The fourth-order valence-electron chi connectivity index (χ4n) is 5.53. The highest BCUT2D eigenvalue weighted by molar-refractivity contribution is 6.09. The van der Waals surface area contributed by atoms with Gasteiger partial charge in [0.2, 0.25) is 5.91 Å². The maximum Gasteiger partial charge on any atom is 0.325 e. The third-order valence-electron chi connectivity index (χ3n) is 5.84. The molecule has 0 radical (unpaired) electrons. The van der Waals surface area contributed by atoms with E-state index in [2.05, 4.69) is 26.1 Å². The Hall–Kier alpha value is -1.63. The Bertz CT molecular complexity index is 660. The first-order chi connectivity index (χ1) is 12.3. The second-order valence-corrected chi connectivity index (χ2v) is 10.2. The number of amides is 4. The smallest absolute Gasteiger partial charge is 0.325 e. The minimum Gasteiger partial charge on any atom is -0.369 e. The molecule has 27 heavy (non-hydrogen) atoms. The Morgan fingerprint density at radius 2 is 1.85 bits per heavy atom. The lowest BCUT2D eigenvalue weighted by molar-refractivity contribution is -0.159. The second kappa shape index (κ2) is 6.47. The van der Waals surface area contributed by atoms with Crippen LogP contribution in [0.4, 0.5) is 4.79 Å². The van der Waals surface area contributed by atoms with Gasteiger partial charge in [0.15, 0.2) is 0 Å². The largest absolute Gasteiger partial charge is 0.369 e. The van der Waals surface area contributed by atoms with E-state index in [1.165, 1.54) is 0 Å². The van der Waals surface area contributed by atoms with Crippen LogP contribution in [0.1, 0.15) is 60.8 Å². The van der Waals surface area contributed by atoms with Crippen molar-refractivity contribution >= 4 is 17.8 Å². The minimum atomic E-state index is -0.865. The van der Waals surface area contributed by atoms with Crippen molar-refractivity contribution in [3.8, 4) is 0 Å². The van der Waals surface area contributed by atoms with E-state index in [1.807, 2.05) is 20.8 Å². The van der Waals surface area contributed by atoms with Gasteiger partial charge in [-0.2, -0.15) is 0 Å². The molecular weight excluding hydrogens is 346 g/mol. The zero-order valence-electron chi connectivity index (χ0n) is 17.4. The third kappa shape index (κ3) is 3.98. The van der Waals surface area contributed by atoms with Crippen LogP contribution in [0.25, 0.3) is 0 Å². The molecule has 0 aromatic rings. The molecule has 2 heterocycles. The van der Waals surface area contributed by atoms with Crippen LogP contribution in [0, 0.1) is 11.3 Å². The van der Waals surface area contributed by atoms with Crippen molar-refractivity contribution in [1.82, 2.24) is 15.1 Å². The molecule has 1 aliphatic carbocycles. The number of nitrogens with one attached hydrogen (secondary N) is 1. The van der Waals surface area contributed by atoms with E-state index < -0.39 is 17.2 Å². The van der Waals surface area contributed by atoms with E-state index in [0.717, 1.165) is 11.3 Å². The number of hydrogen-bond donors (Lipinski definition) is 1. The van der Waals surface area contributed by atoms with Crippen molar-refractivity contribution in [3.63, 3.8) is 0 Å². The Morgan fingerprint density at radius 1 is 1.19 bits per heavy atom. The number of imide groups is 1. The molecule has 3 rings (SSSR count). The Morgan fingerprint density at radius 3 is 2.44 bits per heavy atom. The number of rotatable bonds is 2. The van der Waals surface area contributed by atoms with Crippen molar-refractivity contribution in [1.29, 1.82) is 0 Å². The first-order valence-corrected chi connectivity index (χ1v) is 9.92. The topological polar surface area (TPSA) is 79.0 Å². The summed E-state index contributed by atoms with van der Waals surface area (Å²) in [5.74, 6) is -0.113. The van der Waals surface area contributed by atoms with E-state index in [1.54, 1.807) is 4.90 Å². The first kappa shape index (κ1) is 20.1. The number of hydrogen-bond acceptors (Lipinski definition) is 4. The van der Waals surface area contributed by atoms with Crippen molar-refractivity contribution in [2.24, 2.45) is 11.3 Å². The van der Waals surface area contributed by atoms with Crippen molar-refractivity contribution < 1.29 is 19.1 Å². The summed E-state index contributed by atoms with van der Waals surface area (Å²) < 4.78 is 5.84. The highest BCUT2D eigenvalue weighted by Crippen LogP contribution is 2.46. The molecule has 7 heteroatoms. The van der Waals surface area contributed by atoms with Crippen molar-refractivity contribution in [2.45, 2.75) is 78.0 Å². The molecule has 0 aromatic carbocycles. The molecule has 7 nitrogen and oxygen atoms in total. The number of carbonyl (C=O) groups is 3. The van der Waals surface area contributed by atoms with Gasteiger partial charge in [0.05, 0.1) is 11.7 Å². The fraction of sp³-hybridized carbons (Fsp3) is 0.850. The minimum absolute atomic E-state index is 0.0235. The lowest BCUT2D eigenvalue weighted by Gasteiger charge is -2.44. The van der Waals surface area contributed by atoms with Gasteiger partial charge in [-0.15, -0.1) is 0 Å². The molecule has 3 unspecified atom stereocenters. The number of nitrogens with zero attached hydrogens (tertiary/aromatic N) is 2. The average molecular weight is 380 g/mol. The van der Waals surface area contributed by atoms with Gasteiger partial charge < -0.3 is 15.0 Å². The first-order valence-electron chi connectivity index (χ1n) is 9.92. The number of carbonyl (C=O) groups excluding carboxylic acids is 3. The number of urea groups is 1. The summed E-state index contributed by atoms with van der Waals surface area (Å²) in [7, 11) is 0. The standard InChI is InChI=1S/C20H33N3O4/c1-13-7-18(3,4)11-20(8-13)16(25)23(17(26)21-20)10-15(24)22-9-14(2)27-19(5,6)12-22/h13-14H,7-12H2,1-6H3,(H,21,26). The highest BCUT2D eigenvalue weighted by atomic mass is 16.5. The van der Waals surface area contributed by atoms with Crippen LogP contribution in [-0.2, 0) is 14.3 Å². The molecule has 3 fully saturated rings. The molecule has 4 amide bonds. The van der Waals surface area contributed by atoms with Crippen LogP contribution in [0.3, 0.4) is 0 Å². The summed E-state index contributed by atoms with van der Waals surface area (Å²) in [6.45, 7) is 12.9. The predicted octanol–water partition coefficient (Wildman–Crippen LogP) is 2.15. The lowest BCUT2D eigenvalue weighted by Crippen LogP contribution is -2.56. The maximum atomic E-state index is 13.2. The van der Waals surface area contributed by atoms with E-state index in [4.69, 9.17) is 4.74 Å². The molecular formula is C20H33N3O4. The summed E-state index contributed by atoms with van der Waals surface area (Å²) in [6, 6.07) is -0.446. The SMILES string of the molecule is CC1CC(C)(C)CC2(C1)NC(=O)N(CC(=O)N1CC(C)OC(C)(C)C1)C2=O. The van der Waals surface area contributed by atoms with Gasteiger partial charge in [-0.25, -0.2) is 4.79 Å². The van der Waals surface area contributed by atoms with Crippen LogP contribution in [0.15, 0.2) is 0 Å². The van der Waals surface area contributed by atoms with Crippen LogP contribution < -0.4 is 5.32 Å². The third-order valence-corrected chi connectivity index (χ3v) is 5.84. The Kier molecular flexibility index (Phi) is 4.82. The number of ether oxygens (including phenoxy) is 1. The fourth-order valence-corrected chi connectivity index (χ4v) is 5.53. The van der Waals surface area contributed by atoms with Crippen LogP contribution >= 0.6 is 0 Å². The van der Waals surface area contributed by atoms with E-state index in [9.17, 15) is 14.4 Å². The molecule has 3 atom stereocenters. The highest BCUT2D eigenvalue weighted by Gasteiger charge is 2.56. The van der Waals surface area contributed by atoms with E-state index in [0.29, 0.717) is 31.8 Å². The van der Waals surface area contributed by atoms with E-state index in [-0.39, 0.29) is 29.9 Å². The van der Waals surface area contributed by atoms with Gasteiger partial charge in [0.1, 0.15) is 12.1 Å². The second-order valence-electron chi connectivity index (χ2n) is 10.2. The zero-order chi connectivity index (χ0) is 20.2. The van der Waals surface area contributed by atoms with Gasteiger partial charge in [0, 0.05) is 13.1 Å². The molecule has 2 saturated heterocycles. The Balaban J connectivity index is 1.73. The normalized spacial score (nSPS) is 35.5. The van der Waals surface area contributed by atoms with Gasteiger partial charge in [-0.3, -0.25) is 14.5 Å². The summed E-state index contributed by atoms with van der Waals surface area (Å²) in [5, 5.41) is 2.93. The van der Waals surface area contributed by atoms with Crippen LogP contribution in [0.2, 0.25) is 0 Å². The summed E-state index contributed by atoms with van der Waals surface area (Å²) in [4.78, 5) is 41.4. The van der Waals surface area contributed by atoms with Crippen molar-refractivity contribution in [3.05, 3.63) is 0 Å². The zero-order valence-corrected chi connectivity index (χ0v) is 17.4. The molecule has 0 aromatic heterocycles. The quantitative estimate of drug-likeness (QED) is 0.746. The van der Waals surface area contributed by atoms with Crippen LogP contribution in [0.5, 0.6) is 0 Å². The van der Waals surface area contributed by atoms with Gasteiger partial charge in [0.25, 0.3) is 5.91 Å². The molecule has 1 saturated carbocycles. The summed E-state index contributed by atoms with van der Waals surface area (Å²) in [6.07, 6.45) is 2.19. The van der Waals surface area contributed by atoms with Gasteiger partial charge in [-0.05, 0) is 51.4 Å². The maximum absolute atomic E-state index is 13.2. The molecule has 1 N–H and O–H groups in total. The molecule has 152 valence electrons. The van der Waals surface area contributed by atoms with Gasteiger partial charge in [-0.1, -0.05) is 20.8 Å². The van der Waals surface area contributed by atoms with E-state index >= 15 is 0 Å². The monoisotopic (exact) mass is 379 g/mol. The summed E-state index contributed by atoms with van der Waals surface area (Å²) >= 11 is 0. The number of morpholine rings is 1. The van der Waals surface area contributed by atoms with Crippen molar-refractivity contribution in [2.75, 3.05) is 19.6 Å². The Labute approximate surface area is 161 Å². The van der Waals surface area contributed by atoms with Gasteiger partial charge >= 0.3 is 6.03 Å².